The molecule has 0 aliphatic heterocycles. The van der Waals surface area contributed by atoms with Gasteiger partial charge in [-0.1, -0.05) is 20.3 Å². The summed E-state index contributed by atoms with van der Waals surface area (Å²) in [5, 5.41) is 0. The molecular formula is C14H20BrNO3S. The van der Waals surface area contributed by atoms with Gasteiger partial charge in [0.25, 0.3) is 0 Å². The fourth-order valence-corrected chi connectivity index (χ4v) is 2.31. The minimum absolute atomic E-state index is 0.152. The molecule has 1 rings (SSSR count). The first kappa shape index (κ1) is 17.5. The molecule has 0 spiro atoms. The van der Waals surface area contributed by atoms with Crippen molar-refractivity contribution in [1.29, 1.82) is 0 Å². The summed E-state index contributed by atoms with van der Waals surface area (Å²) in [5.41, 5.74) is 1.49. The molecule has 112 valence electrons. The molecule has 6 heteroatoms. The van der Waals surface area contributed by atoms with Crippen molar-refractivity contribution in [2.75, 3.05) is 13.9 Å². The Labute approximate surface area is 132 Å². The van der Waals surface area contributed by atoms with Crippen molar-refractivity contribution >= 4 is 33.0 Å². The minimum Gasteiger partial charge on any atom is -0.591 e. The van der Waals surface area contributed by atoms with E-state index in [0.717, 1.165) is 10.0 Å². The molecule has 0 saturated carbocycles. The highest BCUT2D eigenvalue weighted by Crippen LogP contribution is 2.26. The number of benzene rings is 1. The van der Waals surface area contributed by atoms with Gasteiger partial charge in [-0.3, -0.25) is 0 Å². The molecule has 1 aromatic rings. The van der Waals surface area contributed by atoms with Gasteiger partial charge in [-0.05, 0) is 45.9 Å². The Bertz CT molecular complexity index is 486. The quantitative estimate of drug-likeness (QED) is 0.456. The van der Waals surface area contributed by atoms with Gasteiger partial charge in [0.15, 0.2) is 6.79 Å². The maximum absolute atomic E-state index is 12.1. The second kappa shape index (κ2) is 7.45. The van der Waals surface area contributed by atoms with Gasteiger partial charge in [0.2, 0.25) is 0 Å². The highest BCUT2D eigenvalue weighted by molar-refractivity contribution is 9.10. The van der Waals surface area contributed by atoms with Gasteiger partial charge in [0.05, 0.1) is 5.71 Å². The van der Waals surface area contributed by atoms with Crippen molar-refractivity contribution in [2.45, 2.75) is 32.4 Å². The third-order valence-corrected chi connectivity index (χ3v) is 4.39. The van der Waals surface area contributed by atoms with Crippen LogP contribution in [0.5, 0.6) is 5.75 Å². The lowest BCUT2D eigenvalue weighted by molar-refractivity contribution is 0.0509. The molecule has 1 aromatic carbocycles. The topological polar surface area (TPSA) is 53.9 Å². The summed E-state index contributed by atoms with van der Waals surface area (Å²) in [6.45, 7) is 7.66. The van der Waals surface area contributed by atoms with Crippen LogP contribution in [0, 0.1) is 0 Å². The molecule has 0 fully saturated rings. The summed E-state index contributed by atoms with van der Waals surface area (Å²) in [6.07, 6.45) is 0. The second-order valence-electron chi connectivity index (χ2n) is 5.23. The zero-order valence-corrected chi connectivity index (χ0v) is 14.8. The van der Waals surface area contributed by atoms with Crippen LogP contribution in [0.15, 0.2) is 27.1 Å². The Morgan fingerprint density at radius 2 is 2.05 bits per heavy atom. The van der Waals surface area contributed by atoms with E-state index in [0.29, 0.717) is 11.5 Å². The summed E-state index contributed by atoms with van der Waals surface area (Å²) >= 11 is 2.10. The van der Waals surface area contributed by atoms with Crippen molar-refractivity contribution in [3.05, 3.63) is 28.2 Å². The Kier molecular flexibility index (Phi) is 6.51. The van der Waals surface area contributed by atoms with E-state index in [2.05, 4.69) is 20.3 Å². The summed E-state index contributed by atoms with van der Waals surface area (Å²) < 4.78 is 27.3. The molecule has 4 nitrogen and oxygen atoms in total. The van der Waals surface area contributed by atoms with Crippen molar-refractivity contribution in [3.8, 4) is 5.75 Å². The highest BCUT2D eigenvalue weighted by Gasteiger charge is 2.27. The van der Waals surface area contributed by atoms with Crippen LogP contribution in [0.4, 0.5) is 0 Å². The minimum atomic E-state index is -1.30. The zero-order valence-electron chi connectivity index (χ0n) is 12.4. The van der Waals surface area contributed by atoms with E-state index in [4.69, 9.17) is 9.47 Å². The predicted molar refractivity (Wildman–Crippen MR) is 86.8 cm³/mol. The molecular weight excluding hydrogens is 342 g/mol. The molecule has 0 amide bonds. The van der Waals surface area contributed by atoms with Gasteiger partial charge in [-0.15, -0.1) is 0 Å². The zero-order chi connectivity index (χ0) is 15.3. The third-order valence-electron chi connectivity index (χ3n) is 2.41. The van der Waals surface area contributed by atoms with Gasteiger partial charge in [-0.2, -0.15) is 0 Å². The largest absolute Gasteiger partial charge is 0.591 e. The molecule has 20 heavy (non-hydrogen) atoms. The van der Waals surface area contributed by atoms with Crippen LogP contribution in [0.25, 0.3) is 0 Å². The van der Waals surface area contributed by atoms with Gasteiger partial charge in [0.1, 0.15) is 21.9 Å². The predicted octanol–water partition coefficient (Wildman–Crippen LogP) is 3.70. The second-order valence-corrected chi connectivity index (χ2v) is 8.05. The van der Waals surface area contributed by atoms with Crippen molar-refractivity contribution < 1.29 is 14.0 Å². The van der Waals surface area contributed by atoms with Crippen molar-refractivity contribution in [3.63, 3.8) is 0 Å². The van der Waals surface area contributed by atoms with Crippen LogP contribution >= 0.6 is 15.9 Å². The molecule has 0 aliphatic rings. The number of hydrogen-bond acceptors (Lipinski definition) is 4. The van der Waals surface area contributed by atoms with E-state index in [1.165, 1.54) is 0 Å². The molecule has 0 bridgehead atoms. The van der Waals surface area contributed by atoms with E-state index in [1.54, 1.807) is 7.11 Å². The van der Waals surface area contributed by atoms with Crippen LogP contribution in [-0.4, -0.2) is 28.9 Å². The lowest BCUT2D eigenvalue weighted by atomic mass is 10.1. The number of hydrogen-bond donors (Lipinski definition) is 0. The third kappa shape index (κ3) is 5.09. The Hall–Kier alpha value is -0.560. The van der Waals surface area contributed by atoms with Crippen LogP contribution in [0.1, 0.15) is 33.3 Å². The fourth-order valence-electron chi connectivity index (χ4n) is 1.35. The van der Waals surface area contributed by atoms with Crippen molar-refractivity contribution in [1.82, 2.24) is 0 Å². The average Bonchev–Trinajstić information content (AvgIpc) is 2.35. The van der Waals surface area contributed by atoms with Crippen LogP contribution < -0.4 is 4.74 Å². The van der Waals surface area contributed by atoms with Gasteiger partial charge >= 0.3 is 0 Å². The van der Waals surface area contributed by atoms with Crippen molar-refractivity contribution in [2.24, 2.45) is 4.40 Å². The first-order valence-electron chi connectivity index (χ1n) is 6.14. The number of methoxy groups -OCH3 is 1. The van der Waals surface area contributed by atoms with E-state index in [-0.39, 0.29) is 11.5 Å². The monoisotopic (exact) mass is 361 g/mol. The SMILES string of the molecule is COCOc1cc(Br)ccc1/C(C)=N/[S@+]([O-])C(C)(C)C. The van der Waals surface area contributed by atoms with E-state index >= 15 is 0 Å². The normalized spacial score (nSPS) is 14.2. The maximum atomic E-state index is 12.1. The molecule has 0 heterocycles. The highest BCUT2D eigenvalue weighted by atomic mass is 79.9. The van der Waals surface area contributed by atoms with Gasteiger partial charge in [0, 0.05) is 17.1 Å². The lowest BCUT2D eigenvalue weighted by Crippen LogP contribution is -2.26. The van der Waals surface area contributed by atoms with Crippen LogP contribution in [0.2, 0.25) is 0 Å². The molecule has 0 N–H and O–H groups in total. The summed E-state index contributed by atoms with van der Waals surface area (Å²) in [4.78, 5) is 0. The number of rotatable bonds is 5. The maximum Gasteiger partial charge on any atom is 0.188 e. The molecule has 0 unspecified atom stereocenters. The number of nitrogens with zero attached hydrogens (tertiary/aromatic N) is 1. The Balaban J connectivity index is 3.08. The molecule has 0 aromatic heterocycles. The molecule has 0 aliphatic carbocycles. The number of halogens is 1. The number of ether oxygens (including phenoxy) is 2. The van der Waals surface area contributed by atoms with Crippen LogP contribution in [-0.2, 0) is 16.1 Å². The smallest absolute Gasteiger partial charge is 0.188 e. The van der Waals surface area contributed by atoms with Gasteiger partial charge < -0.3 is 14.0 Å². The average molecular weight is 362 g/mol. The first-order valence-corrected chi connectivity index (χ1v) is 8.04. The fraction of sp³-hybridized carbons (Fsp3) is 0.500. The Morgan fingerprint density at radius 1 is 1.40 bits per heavy atom. The molecule has 1 atom stereocenters. The van der Waals surface area contributed by atoms with Gasteiger partial charge in [-0.25, -0.2) is 0 Å². The van der Waals surface area contributed by atoms with E-state index in [9.17, 15) is 4.55 Å². The lowest BCUT2D eigenvalue weighted by Gasteiger charge is -2.19. The van der Waals surface area contributed by atoms with E-state index < -0.39 is 11.4 Å². The first-order chi connectivity index (χ1) is 9.25. The molecule has 0 radical (unpaired) electrons. The Morgan fingerprint density at radius 3 is 2.60 bits per heavy atom. The summed E-state index contributed by atoms with van der Waals surface area (Å²) in [6, 6.07) is 5.62. The van der Waals surface area contributed by atoms with E-state index in [1.807, 2.05) is 45.9 Å². The molecule has 0 saturated heterocycles. The summed E-state index contributed by atoms with van der Waals surface area (Å²) in [5.74, 6) is 0.647. The standard InChI is InChI=1S/C14H20BrNO3S/c1-10(16-20(17)14(2,3)4)12-7-6-11(15)8-13(12)19-9-18-5/h6-8H,9H2,1-5H3/b16-10+/t20-/m1/s1. The van der Waals surface area contributed by atoms with Crippen LogP contribution in [0.3, 0.4) is 0 Å². The summed E-state index contributed by atoms with van der Waals surface area (Å²) in [7, 11) is 1.56.